The van der Waals surface area contributed by atoms with E-state index >= 15 is 0 Å². The minimum atomic E-state index is -0.491. The van der Waals surface area contributed by atoms with Gasteiger partial charge in [-0.3, -0.25) is 4.79 Å². The fourth-order valence-corrected chi connectivity index (χ4v) is 3.50. The molecule has 2 fully saturated rings. The molecule has 1 aromatic rings. The zero-order valence-electron chi connectivity index (χ0n) is 17.0. The number of carbonyl (C=O) groups is 2. The van der Waals surface area contributed by atoms with Crippen LogP contribution < -0.4 is 5.32 Å². The summed E-state index contributed by atoms with van der Waals surface area (Å²) in [5.74, 6) is -0.0237. The topological polar surface area (TPSA) is 65.1 Å². The van der Waals surface area contributed by atoms with E-state index in [0.29, 0.717) is 36.8 Å². The van der Waals surface area contributed by atoms with Crippen LogP contribution in [0.25, 0.3) is 0 Å². The first-order valence-electron chi connectivity index (χ1n) is 9.64. The number of nitrogens with zero attached hydrogens (tertiary/aromatic N) is 3. The predicted octanol–water partition coefficient (Wildman–Crippen LogP) is 2.76. The van der Waals surface area contributed by atoms with Gasteiger partial charge in [0.2, 0.25) is 0 Å². The van der Waals surface area contributed by atoms with Gasteiger partial charge in [0.1, 0.15) is 5.60 Å². The third-order valence-electron chi connectivity index (χ3n) is 4.89. The summed E-state index contributed by atoms with van der Waals surface area (Å²) in [5, 5.41) is 3.79. The molecular weight excluding hydrogens is 380 g/mol. The molecule has 0 unspecified atom stereocenters. The molecule has 1 N–H and O–H groups in total. The number of likely N-dealkylation sites (tertiary alicyclic amines) is 1. The van der Waals surface area contributed by atoms with E-state index in [4.69, 9.17) is 16.3 Å². The lowest BCUT2D eigenvalue weighted by atomic mass is 10.1. The molecule has 3 rings (SSSR count). The van der Waals surface area contributed by atoms with Crippen LogP contribution in [0.3, 0.4) is 0 Å². The van der Waals surface area contributed by atoms with Gasteiger partial charge in [-0.1, -0.05) is 11.6 Å². The van der Waals surface area contributed by atoms with Gasteiger partial charge in [-0.05, 0) is 46.0 Å². The largest absolute Gasteiger partial charge is 0.444 e. The maximum atomic E-state index is 12.7. The van der Waals surface area contributed by atoms with Crippen LogP contribution in [0.4, 0.5) is 10.5 Å². The maximum absolute atomic E-state index is 12.7. The van der Waals surface area contributed by atoms with Crippen molar-refractivity contribution >= 4 is 29.3 Å². The molecule has 0 spiro atoms. The molecule has 1 aromatic carbocycles. The molecular formula is C20H29ClN4O3. The van der Waals surface area contributed by atoms with Gasteiger partial charge in [-0.25, -0.2) is 4.79 Å². The van der Waals surface area contributed by atoms with Crippen LogP contribution in [0.2, 0.25) is 5.02 Å². The molecule has 28 heavy (non-hydrogen) atoms. The Kier molecular flexibility index (Phi) is 6.05. The number of likely N-dealkylation sites (N-methyl/N-ethyl adjacent to an activating group) is 1. The predicted molar refractivity (Wildman–Crippen MR) is 110 cm³/mol. The number of rotatable bonds is 3. The summed E-state index contributed by atoms with van der Waals surface area (Å²) in [5.41, 5.74) is 0.879. The molecule has 0 atom stereocenters. The normalized spacial score (nSPS) is 18.6. The zero-order valence-corrected chi connectivity index (χ0v) is 17.8. The quantitative estimate of drug-likeness (QED) is 0.833. The molecule has 2 heterocycles. The Bertz CT molecular complexity index is 735. The Hall–Kier alpha value is -1.99. The highest BCUT2D eigenvalue weighted by molar-refractivity contribution is 6.34. The molecule has 0 aromatic heterocycles. The van der Waals surface area contributed by atoms with Crippen molar-refractivity contribution in [2.75, 3.05) is 51.6 Å². The first-order chi connectivity index (χ1) is 13.1. The molecule has 8 heteroatoms. The van der Waals surface area contributed by atoms with Gasteiger partial charge in [0.25, 0.3) is 5.91 Å². The van der Waals surface area contributed by atoms with Crippen LogP contribution in [0.1, 0.15) is 31.1 Å². The number of piperazine rings is 1. The minimum Gasteiger partial charge on any atom is -0.444 e. The third-order valence-corrected chi connectivity index (χ3v) is 5.21. The minimum absolute atomic E-state index is 0.0237. The van der Waals surface area contributed by atoms with E-state index in [0.717, 1.165) is 18.8 Å². The van der Waals surface area contributed by atoms with E-state index in [-0.39, 0.29) is 18.0 Å². The van der Waals surface area contributed by atoms with Crippen molar-refractivity contribution in [2.24, 2.45) is 0 Å². The molecule has 0 bridgehead atoms. The second-order valence-electron chi connectivity index (χ2n) is 8.52. The molecule has 7 nitrogen and oxygen atoms in total. The van der Waals surface area contributed by atoms with Crippen molar-refractivity contribution in [2.45, 2.75) is 32.4 Å². The van der Waals surface area contributed by atoms with Crippen LogP contribution in [-0.2, 0) is 4.74 Å². The number of ether oxygens (including phenoxy) is 1. The van der Waals surface area contributed by atoms with Crippen LogP contribution in [0, 0.1) is 0 Å². The zero-order chi connectivity index (χ0) is 20.5. The van der Waals surface area contributed by atoms with Crippen LogP contribution >= 0.6 is 11.6 Å². The van der Waals surface area contributed by atoms with Crippen molar-refractivity contribution in [1.29, 1.82) is 0 Å². The van der Waals surface area contributed by atoms with Gasteiger partial charge in [0.05, 0.1) is 16.6 Å². The lowest BCUT2D eigenvalue weighted by Gasteiger charge is -2.40. The number of benzene rings is 1. The SMILES string of the molecule is CN1CCN(C(=O)c2ccc(NC3CN(C(=O)OC(C)(C)C)C3)cc2Cl)CC1. The second-order valence-corrected chi connectivity index (χ2v) is 8.92. The fourth-order valence-electron chi connectivity index (χ4n) is 3.24. The molecule has 0 saturated carbocycles. The van der Waals surface area contributed by atoms with Gasteiger partial charge in [0, 0.05) is 45.0 Å². The summed E-state index contributed by atoms with van der Waals surface area (Å²) in [4.78, 5) is 30.4. The number of halogens is 1. The van der Waals surface area contributed by atoms with Crippen LogP contribution in [0.15, 0.2) is 18.2 Å². The standard InChI is InChI=1S/C20H29ClN4O3/c1-20(2,3)28-19(27)25-12-15(13-25)22-14-5-6-16(17(21)11-14)18(26)24-9-7-23(4)8-10-24/h5-6,11,15,22H,7-10,12-13H2,1-4H3. The van der Waals surface area contributed by atoms with Crippen molar-refractivity contribution in [3.8, 4) is 0 Å². The number of hydrogen-bond acceptors (Lipinski definition) is 5. The molecule has 2 aliphatic heterocycles. The maximum Gasteiger partial charge on any atom is 0.410 e. The Morgan fingerprint density at radius 3 is 2.32 bits per heavy atom. The summed E-state index contributed by atoms with van der Waals surface area (Å²) >= 11 is 6.39. The summed E-state index contributed by atoms with van der Waals surface area (Å²) in [6, 6.07) is 5.56. The molecule has 0 radical (unpaired) electrons. The van der Waals surface area contributed by atoms with Gasteiger partial charge in [-0.15, -0.1) is 0 Å². The van der Waals surface area contributed by atoms with Crippen LogP contribution in [-0.4, -0.2) is 84.7 Å². The van der Waals surface area contributed by atoms with Gasteiger partial charge in [0.15, 0.2) is 0 Å². The number of anilines is 1. The van der Waals surface area contributed by atoms with Crippen molar-refractivity contribution in [3.05, 3.63) is 28.8 Å². The summed E-state index contributed by atoms with van der Waals surface area (Å²) in [7, 11) is 2.06. The molecule has 2 aliphatic rings. The average molecular weight is 409 g/mol. The first-order valence-corrected chi connectivity index (χ1v) is 10.0. The molecule has 2 saturated heterocycles. The van der Waals surface area contributed by atoms with E-state index in [2.05, 4.69) is 17.3 Å². The number of amides is 2. The van der Waals surface area contributed by atoms with E-state index in [9.17, 15) is 9.59 Å². The Labute approximate surface area is 171 Å². The number of carbonyl (C=O) groups excluding carboxylic acids is 2. The highest BCUT2D eigenvalue weighted by atomic mass is 35.5. The van der Waals surface area contributed by atoms with Crippen molar-refractivity contribution in [1.82, 2.24) is 14.7 Å². The summed E-state index contributed by atoms with van der Waals surface area (Å²) < 4.78 is 5.36. The lowest BCUT2D eigenvalue weighted by Crippen LogP contribution is -2.57. The molecule has 0 aliphatic carbocycles. The highest BCUT2D eigenvalue weighted by Crippen LogP contribution is 2.25. The Morgan fingerprint density at radius 2 is 1.75 bits per heavy atom. The smallest absolute Gasteiger partial charge is 0.410 e. The lowest BCUT2D eigenvalue weighted by molar-refractivity contribution is 0.0105. The van der Waals surface area contributed by atoms with Crippen molar-refractivity contribution < 1.29 is 14.3 Å². The summed E-state index contributed by atoms with van der Waals surface area (Å²) in [6.45, 7) is 9.90. The van der Waals surface area contributed by atoms with E-state index in [1.54, 1.807) is 17.0 Å². The number of nitrogens with one attached hydrogen (secondary N) is 1. The Morgan fingerprint density at radius 1 is 1.11 bits per heavy atom. The van der Waals surface area contributed by atoms with E-state index in [1.165, 1.54) is 0 Å². The van der Waals surface area contributed by atoms with E-state index in [1.807, 2.05) is 31.7 Å². The average Bonchev–Trinajstić information content (AvgIpc) is 2.56. The molecule has 154 valence electrons. The second kappa shape index (κ2) is 8.17. The summed E-state index contributed by atoms with van der Waals surface area (Å²) in [6.07, 6.45) is -0.295. The van der Waals surface area contributed by atoms with Crippen molar-refractivity contribution in [3.63, 3.8) is 0 Å². The molecule has 2 amide bonds. The van der Waals surface area contributed by atoms with Gasteiger partial charge < -0.3 is 24.8 Å². The highest BCUT2D eigenvalue weighted by Gasteiger charge is 2.33. The van der Waals surface area contributed by atoms with Gasteiger partial charge >= 0.3 is 6.09 Å². The third kappa shape index (κ3) is 5.08. The monoisotopic (exact) mass is 408 g/mol. The first kappa shape index (κ1) is 20.7. The van der Waals surface area contributed by atoms with Gasteiger partial charge in [-0.2, -0.15) is 0 Å². The Balaban J connectivity index is 1.53. The number of hydrogen-bond donors (Lipinski definition) is 1. The fraction of sp³-hybridized carbons (Fsp3) is 0.600. The van der Waals surface area contributed by atoms with E-state index < -0.39 is 5.60 Å². The van der Waals surface area contributed by atoms with Crippen LogP contribution in [0.5, 0.6) is 0 Å².